The van der Waals surface area contributed by atoms with Crippen LogP contribution in [0.3, 0.4) is 0 Å². The Hall–Kier alpha value is -1.75. The molecule has 5 rings (SSSR count). The van der Waals surface area contributed by atoms with Crippen LogP contribution in [-0.4, -0.2) is 50.5 Å². The van der Waals surface area contributed by atoms with Crippen LogP contribution in [0.5, 0.6) is 0 Å². The van der Waals surface area contributed by atoms with Gasteiger partial charge in [0.2, 0.25) is 0 Å². The third kappa shape index (κ3) is 8.48. The molecule has 2 saturated carbocycles. The Morgan fingerprint density at radius 3 is 2.65 bits per heavy atom. The summed E-state index contributed by atoms with van der Waals surface area (Å²) < 4.78 is 0. The first-order valence-electron chi connectivity index (χ1n) is 14.0. The number of aliphatic imine (C=N–C) groups is 1. The Morgan fingerprint density at radius 1 is 0.941 bits per heavy atom. The van der Waals surface area contributed by atoms with E-state index in [0.717, 1.165) is 51.6 Å². The number of allylic oxidation sites excluding steroid dienone is 4. The molecular formula is C30H46N4. The van der Waals surface area contributed by atoms with E-state index in [1.54, 1.807) is 5.57 Å². The largest absolute Gasteiger partial charge is 0.312 e. The zero-order valence-corrected chi connectivity index (χ0v) is 21.2. The van der Waals surface area contributed by atoms with Crippen LogP contribution in [0.4, 0.5) is 0 Å². The predicted molar refractivity (Wildman–Crippen MR) is 147 cm³/mol. The van der Waals surface area contributed by atoms with Crippen molar-refractivity contribution in [1.29, 1.82) is 0 Å². The highest BCUT2D eigenvalue weighted by Gasteiger charge is 2.18. The first-order chi connectivity index (χ1) is 16.9. The van der Waals surface area contributed by atoms with Crippen LogP contribution in [0.15, 0.2) is 64.2 Å². The molecule has 0 aromatic heterocycles. The topological polar surface area (TPSA) is 48.5 Å². The minimum Gasteiger partial charge on any atom is -0.312 e. The van der Waals surface area contributed by atoms with Crippen molar-refractivity contribution in [2.75, 3.05) is 32.7 Å². The van der Waals surface area contributed by atoms with E-state index in [1.807, 2.05) is 0 Å². The number of nitrogens with one attached hydrogen (secondary N) is 3. The number of fused-ring (bicyclic) bond motifs is 1. The maximum atomic E-state index is 4.50. The van der Waals surface area contributed by atoms with E-state index in [9.17, 15) is 0 Å². The molecule has 34 heavy (non-hydrogen) atoms. The molecule has 1 atom stereocenters. The van der Waals surface area contributed by atoms with Gasteiger partial charge in [0.25, 0.3) is 0 Å². The smallest absolute Gasteiger partial charge is 0.0427 e. The SMILES string of the molecule is C1=C2CCCCC2=NCC1.C1=CC2=C(C=CC1)CC(CNC/C=C/CNC1CCCCC1)NC2. The van der Waals surface area contributed by atoms with Crippen LogP contribution < -0.4 is 16.0 Å². The second-order valence-electron chi connectivity index (χ2n) is 10.3. The van der Waals surface area contributed by atoms with E-state index in [4.69, 9.17) is 0 Å². The van der Waals surface area contributed by atoms with Gasteiger partial charge in [-0.05, 0) is 74.5 Å². The molecule has 3 N–H and O–H groups in total. The van der Waals surface area contributed by atoms with Gasteiger partial charge in [-0.25, -0.2) is 0 Å². The lowest BCUT2D eigenvalue weighted by Crippen LogP contribution is -2.42. The molecule has 0 bridgehead atoms. The number of hydrogen-bond donors (Lipinski definition) is 3. The standard InChI is InChI=1S/C21H33N3.C9H13N/c1-3-9-18-15-21(24-16-19(18)10-4-1)17-22-13-7-8-14-23-20-11-5-2-6-12-20;1-2-6-9-8(4-1)5-3-7-10-9/h3-4,7-10,20-24H,1-2,5-6,11-17H2;5H,1-4,6-7H2/b8-7+;. The molecule has 0 aromatic rings. The third-order valence-corrected chi connectivity index (χ3v) is 7.62. The van der Waals surface area contributed by atoms with E-state index in [-0.39, 0.29) is 0 Å². The highest BCUT2D eigenvalue weighted by Crippen LogP contribution is 2.24. The maximum Gasteiger partial charge on any atom is 0.0427 e. The van der Waals surface area contributed by atoms with Gasteiger partial charge in [-0.1, -0.05) is 61.8 Å². The highest BCUT2D eigenvalue weighted by molar-refractivity contribution is 6.01. The molecule has 1 unspecified atom stereocenters. The van der Waals surface area contributed by atoms with Gasteiger partial charge >= 0.3 is 0 Å². The Kier molecular flexibility index (Phi) is 10.9. The zero-order chi connectivity index (χ0) is 23.3. The minimum absolute atomic E-state index is 0.550. The molecule has 4 nitrogen and oxygen atoms in total. The van der Waals surface area contributed by atoms with Crippen molar-refractivity contribution in [3.05, 3.63) is 59.3 Å². The van der Waals surface area contributed by atoms with Crippen LogP contribution >= 0.6 is 0 Å². The predicted octanol–water partition coefficient (Wildman–Crippen LogP) is 5.56. The number of hydrogen-bond acceptors (Lipinski definition) is 4. The van der Waals surface area contributed by atoms with Gasteiger partial charge in [0.1, 0.15) is 0 Å². The summed E-state index contributed by atoms with van der Waals surface area (Å²) in [5.41, 5.74) is 5.95. The average molecular weight is 463 g/mol. The summed E-state index contributed by atoms with van der Waals surface area (Å²) in [7, 11) is 0. The average Bonchev–Trinajstić information content (AvgIpc) is 3.14. The van der Waals surface area contributed by atoms with Crippen LogP contribution in [0.1, 0.15) is 77.0 Å². The van der Waals surface area contributed by atoms with Crippen molar-refractivity contribution in [2.24, 2.45) is 4.99 Å². The quantitative estimate of drug-likeness (QED) is 0.343. The number of rotatable bonds is 7. The first kappa shape index (κ1) is 25.3. The van der Waals surface area contributed by atoms with Crippen molar-refractivity contribution in [3.8, 4) is 0 Å². The molecule has 2 aliphatic heterocycles. The van der Waals surface area contributed by atoms with Crippen molar-refractivity contribution >= 4 is 5.71 Å². The summed E-state index contributed by atoms with van der Waals surface area (Å²) >= 11 is 0. The Morgan fingerprint density at radius 2 is 1.76 bits per heavy atom. The van der Waals surface area contributed by atoms with E-state index in [0.29, 0.717) is 6.04 Å². The van der Waals surface area contributed by atoms with Gasteiger partial charge in [-0.2, -0.15) is 0 Å². The van der Waals surface area contributed by atoms with Gasteiger partial charge in [-0.15, -0.1) is 0 Å². The van der Waals surface area contributed by atoms with Gasteiger partial charge in [0.15, 0.2) is 0 Å². The second kappa shape index (κ2) is 14.6. The lowest BCUT2D eigenvalue weighted by atomic mass is 9.91. The summed E-state index contributed by atoms with van der Waals surface area (Å²) in [5.74, 6) is 0. The van der Waals surface area contributed by atoms with Crippen LogP contribution in [-0.2, 0) is 0 Å². The normalized spacial score (nSPS) is 25.1. The summed E-state index contributed by atoms with van der Waals surface area (Å²) in [6.07, 6.45) is 31.7. The molecule has 0 radical (unpaired) electrons. The molecule has 0 amide bonds. The minimum atomic E-state index is 0.550. The van der Waals surface area contributed by atoms with E-state index < -0.39 is 0 Å². The van der Waals surface area contributed by atoms with Crippen LogP contribution in [0, 0.1) is 0 Å². The Bertz CT molecular complexity index is 786. The van der Waals surface area contributed by atoms with Crippen LogP contribution in [0.25, 0.3) is 0 Å². The molecule has 0 saturated heterocycles. The third-order valence-electron chi connectivity index (χ3n) is 7.62. The van der Waals surface area contributed by atoms with E-state index in [2.05, 4.69) is 63.5 Å². The molecule has 4 heteroatoms. The summed E-state index contributed by atoms with van der Waals surface area (Å²) in [5, 5.41) is 10.9. The Labute approximate surface area is 207 Å². The monoisotopic (exact) mass is 462 g/mol. The first-order valence-corrected chi connectivity index (χ1v) is 14.0. The van der Waals surface area contributed by atoms with Gasteiger partial charge in [0.05, 0.1) is 0 Å². The van der Waals surface area contributed by atoms with E-state index in [1.165, 1.54) is 81.1 Å². The maximum absolute atomic E-state index is 4.50. The summed E-state index contributed by atoms with van der Waals surface area (Å²) in [4.78, 5) is 4.50. The summed E-state index contributed by atoms with van der Waals surface area (Å²) in [6.45, 7) is 5.06. The molecule has 0 aromatic carbocycles. The molecule has 2 fully saturated rings. The number of nitrogens with zero attached hydrogens (tertiary/aromatic N) is 1. The molecule has 2 heterocycles. The lowest BCUT2D eigenvalue weighted by molar-refractivity contribution is 0.385. The zero-order valence-electron chi connectivity index (χ0n) is 21.2. The van der Waals surface area contributed by atoms with Gasteiger partial charge < -0.3 is 16.0 Å². The second-order valence-corrected chi connectivity index (χ2v) is 10.3. The fourth-order valence-electron chi connectivity index (χ4n) is 5.62. The summed E-state index contributed by atoms with van der Waals surface area (Å²) in [6, 6.07) is 1.31. The van der Waals surface area contributed by atoms with Crippen molar-refractivity contribution in [3.63, 3.8) is 0 Å². The molecule has 3 aliphatic carbocycles. The molecule has 0 spiro atoms. The van der Waals surface area contributed by atoms with Gasteiger partial charge in [0, 0.05) is 50.5 Å². The van der Waals surface area contributed by atoms with Crippen molar-refractivity contribution in [2.45, 2.75) is 89.1 Å². The van der Waals surface area contributed by atoms with Gasteiger partial charge in [-0.3, -0.25) is 4.99 Å². The van der Waals surface area contributed by atoms with E-state index >= 15 is 0 Å². The Balaban J connectivity index is 0.000000226. The van der Waals surface area contributed by atoms with Crippen LogP contribution in [0.2, 0.25) is 0 Å². The fourth-order valence-corrected chi connectivity index (χ4v) is 5.62. The molecule has 5 aliphatic rings. The molecular weight excluding hydrogens is 416 g/mol. The lowest BCUT2D eigenvalue weighted by Gasteiger charge is -2.26. The number of dihydropyridines is 1. The fraction of sp³-hybridized carbons (Fsp3) is 0.633. The van der Waals surface area contributed by atoms with Crippen molar-refractivity contribution < 1.29 is 0 Å². The highest BCUT2D eigenvalue weighted by atomic mass is 15.0. The molecule has 186 valence electrons. The van der Waals surface area contributed by atoms with Crippen molar-refractivity contribution in [1.82, 2.24) is 16.0 Å².